The van der Waals surface area contributed by atoms with Crippen molar-refractivity contribution >= 4 is 17.6 Å². The Morgan fingerprint density at radius 1 is 0.974 bits per heavy atom. The third kappa shape index (κ3) is 5.51. The van der Waals surface area contributed by atoms with E-state index >= 15 is 0 Å². The first-order valence-electron chi connectivity index (χ1n) is 13.2. The molecule has 1 aliphatic carbocycles. The second-order valence-electron chi connectivity index (χ2n) is 10.7. The van der Waals surface area contributed by atoms with Crippen LogP contribution in [0.5, 0.6) is 5.75 Å². The van der Waals surface area contributed by atoms with E-state index in [4.69, 9.17) is 9.84 Å². The van der Waals surface area contributed by atoms with Crippen molar-refractivity contribution in [1.29, 1.82) is 0 Å². The lowest BCUT2D eigenvalue weighted by molar-refractivity contribution is -0.118. The molecule has 39 heavy (non-hydrogen) atoms. The zero-order chi connectivity index (χ0) is 27.7. The lowest BCUT2D eigenvalue weighted by Gasteiger charge is -2.37. The molecule has 8 heteroatoms. The minimum atomic E-state index is -1.22. The Balaban J connectivity index is 1.32. The van der Waals surface area contributed by atoms with Gasteiger partial charge in [0.1, 0.15) is 11.6 Å². The van der Waals surface area contributed by atoms with Crippen molar-refractivity contribution in [3.8, 4) is 16.9 Å². The standard InChI is InChI=1S/C31H30F3NO4/c1-2-39-23-7-8-24(25-15-27(33)28(34)16-26(25)32)21(14-23)13-19-9-11-31(12-10-19)17-29(36)35(18-31)22-5-3-20(4-6-22)30(37)38/h3-8,14-16,19H,2,9-13,17-18H2,1H3,(H,37,38). The van der Waals surface area contributed by atoms with Gasteiger partial charge >= 0.3 is 5.97 Å². The van der Waals surface area contributed by atoms with Crippen molar-refractivity contribution in [2.75, 3.05) is 18.1 Å². The van der Waals surface area contributed by atoms with Crippen LogP contribution in [0.2, 0.25) is 0 Å². The topological polar surface area (TPSA) is 66.8 Å². The number of rotatable bonds is 7. The van der Waals surface area contributed by atoms with Crippen molar-refractivity contribution < 1.29 is 32.6 Å². The number of halogens is 3. The van der Waals surface area contributed by atoms with Crippen LogP contribution in [-0.2, 0) is 11.2 Å². The minimum Gasteiger partial charge on any atom is -0.494 e. The number of ether oxygens (including phenoxy) is 1. The summed E-state index contributed by atoms with van der Waals surface area (Å²) in [4.78, 5) is 25.8. The van der Waals surface area contributed by atoms with Gasteiger partial charge in [-0.25, -0.2) is 18.0 Å². The number of nitrogens with zero attached hydrogens (tertiary/aromatic N) is 1. The Labute approximate surface area is 225 Å². The van der Waals surface area contributed by atoms with E-state index in [0.717, 1.165) is 37.3 Å². The average Bonchev–Trinajstić information content (AvgIpc) is 3.24. The van der Waals surface area contributed by atoms with Gasteiger partial charge in [0.2, 0.25) is 5.91 Å². The summed E-state index contributed by atoms with van der Waals surface area (Å²) in [6.45, 7) is 2.93. The molecule has 1 saturated heterocycles. The predicted octanol–water partition coefficient (Wildman–Crippen LogP) is 7.02. The zero-order valence-electron chi connectivity index (χ0n) is 21.7. The monoisotopic (exact) mass is 537 g/mol. The predicted molar refractivity (Wildman–Crippen MR) is 141 cm³/mol. The lowest BCUT2D eigenvalue weighted by Crippen LogP contribution is -2.32. The maximum absolute atomic E-state index is 14.7. The number of aromatic carboxylic acids is 1. The van der Waals surface area contributed by atoms with E-state index in [1.54, 1.807) is 29.2 Å². The zero-order valence-corrected chi connectivity index (χ0v) is 21.7. The largest absolute Gasteiger partial charge is 0.494 e. The van der Waals surface area contributed by atoms with Crippen LogP contribution in [0.15, 0.2) is 54.6 Å². The number of carboxylic acid groups (broad SMARTS) is 1. The summed E-state index contributed by atoms with van der Waals surface area (Å²) in [5.41, 5.74) is 2.09. The molecule has 0 bridgehead atoms. The van der Waals surface area contributed by atoms with Crippen LogP contribution in [0.1, 0.15) is 54.9 Å². The van der Waals surface area contributed by atoms with Gasteiger partial charge < -0.3 is 14.7 Å². The molecule has 2 fully saturated rings. The van der Waals surface area contributed by atoms with E-state index in [9.17, 15) is 22.8 Å². The molecule has 5 nitrogen and oxygen atoms in total. The van der Waals surface area contributed by atoms with Gasteiger partial charge in [0.25, 0.3) is 0 Å². The quantitative estimate of drug-likeness (QED) is 0.329. The minimum absolute atomic E-state index is 0.0187. The van der Waals surface area contributed by atoms with E-state index in [2.05, 4.69) is 0 Å². The van der Waals surface area contributed by atoms with Gasteiger partial charge in [-0.15, -0.1) is 0 Å². The second kappa shape index (κ2) is 10.8. The molecule has 1 amide bonds. The molecule has 0 aromatic heterocycles. The lowest BCUT2D eigenvalue weighted by atomic mass is 9.68. The third-order valence-electron chi connectivity index (χ3n) is 8.11. The van der Waals surface area contributed by atoms with Crippen molar-refractivity contribution in [3.63, 3.8) is 0 Å². The number of anilines is 1. The average molecular weight is 538 g/mol. The molecule has 0 unspecified atom stereocenters. The Morgan fingerprint density at radius 2 is 1.67 bits per heavy atom. The molecule has 1 N–H and O–H groups in total. The second-order valence-corrected chi connectivity index (χ2v) is 10.7. The SMILES string of the molecule is CCOc1ccc(-c2cc(F)c(F)cc2F)c(CC2CCC3(CC2)CC(=O)N(c2ccc(C(=O)O)cc2)C3)c1. The number of carbonyl (C=O) groups is 2. The number of carboxylic acids is 1. The highest BCUT2D eigenvalue weighted by Crippen LogP contribution is 2.48. The summed E-state index contributed by atoms with van der Waals surface area (Å²) in [5, 5.41) is 9.14. The molecule has 3 aromatic carbocycles. The van der Waals surface area contributed by atoms with Gasteiger partial charge in [0.05, 0.1) is 12.2 Å². The fourth-order valence-corrected chi connectivity index (χ4v) is 6.04. The molecule has 1 spiro atoms. The molecular formula is C31H30F3NO4. The summed E-state index contributed by atoms with van der Waals surface area (Å²) < 4.78 is 48.0. The summed E-state index contributed by atoms with van der Waals surface area (Å²) in [7, 11) is 0. The van der Waals surface area contributed by atoms with E-state index in [1.165, 1.54) is 12.1 Å². The molecule has 1 saturated carbocycles. The number of hydrogen-bond donors (Lipinski definition) is 1. The van der Waals surface area contributed by atoms with Crippen LogP contribution in [0, 0.1) is 28.8 Å². The molecular weight excluding hydrogens is 507 g/mol. The van der Waals surface area contributed by atoms with Crippen LogP contribution >= 0.6 is 0 Å². The van der Waals surface area contributed by atoms with E-state index < -0.39 is 23.4 Å². The van der Waals surface area contributed by atoms with E-state index in [1.807, 2.05) is 13.0 Å². The van der Waals surface area contributed by atoms with Crippen LogP contribution in [0.4, 0.5) is 18.9 Å². The van der Waals surface area contributed by atoms with Crippen molar-refractivity contribution in [1.82, 2.24) is 0 Å². The number of benzene rings is 3. The summed E-state index contributed by atoms with van der Waals surface area (Å²) >= 11 is 0. The maximum Gasteiger partial charge on any atom is 0.335 e. The maximum atomic E-state index is 14.7. The molecule has 3 aromatic rings. The normalized spacial score (nSPS) is 21.0. The molecule has 1 aliphatic heterocycles. The smallest absolute Gasteiger partial charge is 0.335 e. The molecule has 204 valence electrons. The van der Waals surface area contributed by atoms with Gasteiger partial charge in [-0.05, 0) is 104 Å². The van der Waals surface area contributed by atoms with Crippen molar-refractivity contribution in [3.05, 3.63) is 83.2 Å². The Bertz CT molecular complexity index is 1400. The first-order valence-corrected chi connectivity index (χ1v) is 13.2. The Hall–Kier alpha value is -3.81. The summed E-state index contributed by atoms with van der Waals surface area (Å²) in [6, 6.07) is 13.1. The van der Waals surface area contributed by atoms with Gasteiger partial charge in [-0.3, -0.25) is 4.79 Å². The molecule has 0 radical (unpaired) electrons. The first kappa shape index (κ1) is 26.8. The van der Waals surface area contributed by atoms with Crippen LogP contribution < -0.4 is 9.64 Å². The first-order chi connectivity index (χ1) is 18.7. The molecule has 2 aliphatic rings. The van der Waals surface area contributed by atoms with Crippen LogP contribution in [0.3, 0.4) is 0 Å². The fourth-order valence-electron chi connectivity index (χ4n) is 6.04. The highest BCUT2D eigenvalue weighted by Gasteiger charge is 2.45. The fraction of sp³-hybridized carbons (Fsp3) is 0.355. The van der Waals surface area contributed by atoms with Gasteiger partial charge in [0, 0.05) is 30.3 Å². The highest BCUT2D eigenvalue weighted by atomic mass is 19.2. The van der Waals surface area contributed by atoms with Crippen LogP contribution in [-0.4, -0.2) is 30.1 Å². The van der Waals surface area contributed by atoms with Gasteiger partial charge in [-0.2, -0.15) is 0 Å². The third-order valence-corrected chi connectivity index (χ3v) is 8.11. The molecule has 0 atom stereocenters. The number of hydrogen-bond acceptors (Lipinski definition) is 3. The summed E-state index contributed by atoms with van der Waals surface area (Å²) in [5.74, 6) is -3.19. The van der Waals surface area contributed by atoms with Crippen molar-refractivity contribution in [2.45, 2.75) is 45.4 Å². The van der Waals surface area contributed by atoms with Crippen LogP contribution in [0.25, 0.3) is 11.1 Å². The molecule has 1 heterocycles. The Kier molecular flexibility index (Phi) is 7.38. The van der Waals surface area contributed by atoms with E-state index in [-0.39, 0.29) is 28.4 Å². The van der Waals surface area contributed by atoms with Gasteiger partial charge in [-0.1, -0.05) is 6.07 Å². The summed E-state index contributed by atoms with van der Waals surface area (Å²) in [6.07, 6.45) is 4.53. The number of carbonyl (C=O) groups excluding carboxylic acids is 1. The Morgan fingerprint density at radius 3 is 2.33 bits per heavy atom. The number of amides is 1. The highest BCUT2D eigenvalue weighted by molar-refractivity contribution is 5.97. The molecule has 5 rings (SSSR count). The van der Waals surface area contributed by atoms with E-state index in [0.29, 0.717) is 49.1 Å². The van der Waals surface area contributed by atoms with Crippen molar-refractivity contribution in [2.24, 2.45) is 11.3 Å². The van der Waals surface area contributed by atoms with Gasteiger partial charge in [0.15, 0.2) is 11.6 Å².